The number of carbonyl (C=O) groups is 1. The van der Waals surface area contributed by atoms with E-state index in [0.29, 0.717) is 17.9 Å². The van der Waals surface area contributed by atoms with Gasteiger partial charge < -0.3 is 14.4 Å². The second-order valence-corrected chi connectivity index (χ2v) is 9.57. The van der Waals surface area contributed by atoms with E-state index in [1.54, 1.807) is 13.0 Å². The summed E-state index contributed by atoms with van der Waals surface area (Å²) in [5, 5.41) is 0. The highest BCUT2D eigenvalue weighted by Crippen LogP contribution is 2.54. The predicted molar refractivity (Wildman–Crippen MR) is 121 cm³/mol. The fourth-order valence-corrected chi connectivity index (χ4v) is 5.04. The molecule has 0 saturated heterocycles. The predicted octanol–water partition coefficient (Wildman–Crippen LogP) is 4.17. The second-order valence-electron chi connectivity index (χ2n) is 8.15. The van der Waals surface area contributed by atoms with Crippen LogP contribution in [0.15, 0.2) is 65.1 Å². The molecule has 2 aliphatic rings. The zero-order valence-corrected chi connectivity index (χ0v) is 19.0. The SMILES string of the molecule is C=C(C)C(=O)OCCN1c2ccc(S(=O)(=O)O)cc2C(C)C12Oc1ccccc1C=C2C. The molecule has 1 N–H and O–H groups in total. The Bertz CT molecular complexity index is 1250. The van der Waals surface area contributed by atoms with Crippen molar-refractivity contribution in [2.75, 3.05) is 18.1 Å². The quantitative estimate of drug-likeness (QED) is 0.411. The van der Waals surface area contributed by atoms with Gasteiger partial charge in [0.05, 0.1) is 11.4 Å². The molecule has 8 heteroatoms. The number of anilines is 1. The lowest BCUT2D eigenvalue weighted by molar-refractivity contribution is -0.138. The average Bonchev–Trinajstić information content (AvgIpc) is 2.96. The van der Waals surface area contributed by atoms with Crippen LogP contribution < -0.4 is 9.64 Å². The standard InChI is InChI=1S/C24H25NO6S/c1-15(2)23(26)30-12-11-25-21-10-9-19(32(27,28)29)14-20(21)17(4)24(25)16(3)13-18-7-5-6-8-22(18)31-24/h5-10,13-14,17H,1,11-12H2,2-4H3,(H,27,28,29). The minimum absolute atomic E-state index is 0.0952. The van der Waals surface area contributed by atoms with Gasteiger partial charge in [-0.15, -0.1) is 0 Å². The van der Waals surface area contributed by atoms with Crippen LogP contribution in [0.3, 0.4) is 0 Å². The molecule has 0 saturated carbocycles. The molecule has 0 bridgehead atoms. The third-order valence-corrected chi connectivity index (χ3v) is 6.91. The normalized spacial score (nSPS) is 21.4. The van der Waals surface area contributed by atoms with Gasteiger partial charge in [-0.2, -0.15) is 8.42 Å². The largest absolute Gasteiger partial charge is 0.463 e. The number of benzene rings is 2. The second kappa shape index (κ2) is 7.79. The minimum atomic E-state index is -4.36. The van der Waals surface area contributed by atoms with Crippen LogP contribution in [0, 0.1) is 0 Å². The number of nitrogens with zero attached hydrogens (tertiary/aromatic N) is 1. The van der Waals surface area contributed by atoms with Crippen molar-refractivity contribution in [2.45, 2.75) is 37.3 Å². The van der Waals surface area contributed by atoms with Gasteiger partial charge in [-0.3, -0.25) is 4.55 Å². The first kappa shape index (κ1) is 22.1. The summed E-state index contributed by atoms with van der Waals surface area (Å²) in [6.45, 7) is 9.52. The topological polar surface area (TPSA) is 93.1 Å². The lowest BCUT2D eigenvalue weighted by Crippen LogP contribution is -2.56. The maximum absolute atomic E-state index is 11.9. The Morgan fingerprint density at radius 1 is 1.28 bits per heavy atom. The molecule has 2 atom stereocenters. The van der Waals surface area contributed by atoms with Crippen molar-refractivity contribution in [2.24, 2.45) is 0 Å². The van der Waals surface area contributed by atoms with Gasteiger partial charge in [0.25, 0.3) is 10.1 Å². The summed E-state index contributed by atoms with van der Waals surface area (Å²) in [4.78, 5) is 13.7. The smallest absolute Gasteiger partial charge is 0.333 e. The van der Waals surface area contributed by atoms with Crippen molar-refractivity contribution < 1.29 is 27.2 Å². The van der Waals surface area contributed by atoms with E-state index >= 15 is 0 Å². The highest BCUT2D eigenvalue weighted by atomic mass is 32.2. The Kier molecular flexibility index (Phi) is 5.38. The van der Waals surface area contributed by atoms with E-state index in [9.17, 15) is 17.8 Å². The van der Waals surface area contributed by atoms with Crippen molar-refractivity contribution >= 4 is 27.9 Å². The lowest BCUT2D eigenvalue weighted by atomic mass is 9.85. The van der Waals surface area contributed by atoms with Gasteiger partial charge in [0, 0.05) is 22.7 Å². The summed E-state index contributed by atoms with van der Waals surface area (Å²) in [7, 11) is -4.36. The molecule has 0 aromatic heterocycles. The minimum Gasteiger partial charge on any atom is -0.463 e. The number of fused-ring (bicyclic) bond motifs is 2. The molecule has 32 heavy (non-hydrogen) atoms. The van der Waals surface area contributed by atoms with Crippen LogP contribution in [0.25, 0.3) is 6.08 Å². The van der Waals surface area contributed by atoms with Crippen molar-refractivity contribution in [3.63, 3.8) is 0 Å². The number of hydrogen-bond acceptors (Lipinski definition) is 6. The van der Waals surface area contributed by atoms with Gasteiger partial charge in [-0.1, -0.05) is 31.7 Å². The fourth-order valence-electron chi connectivity index (χ4n) is 4.52. The summed E-state index contributed by atoms with van der Waals surface area (Å²) in [6, 6.07) is 12.2. The van der Waals surface area contributed by atoms with Crippen LogP contribution in [0.4, 0.5) is 5.69 Å². The maximum atomic E-state index is 11.9. The van der Waals surface area contributed by atoms with Gasteiger partial charge in [0.1, 0.15) is 12.4 Å². The molecule has 2 aliphatic heterocycles. The number of esters is 1. The highest BCUT2D eigenvalue weighted by Gasteiger charge is 2.54. The Morgan fingerprint density at radius 3 is 2.69 bits per heavy atom. The van der Waals surface area contributed by atoms with Gasteiger partial charge in [0.2, 0.25) is 5.72 Å². The Balaban J connectivity index is 1.80. The first-order valence-electron chi connectivity index (χ1n) is 10.2. The summed E-state index contributed by atoms with van der Waals surface area (Å²) < 4.78 is 45.0. The number of carbonyl (C=O) groups excluding carboxylic acids is 1. The zero-order chi connectivity index (χ0) is 23.3. The Labute approximate surface area is 187 Å². The summed E-state index contributed by atoms with van der Waals surface area (Å²) in [5.74, 6) is -0.0484. The zero-order valence-electron chi connectivity index (χ0n) is 18.2. The van der Waals surface area contributed by atoms with E-state index < -0.39 is 21.8 Å². The number of hydrogen-bond donors (Lipinski definition) is 1. The number of ether oxygens (including phenoxy) is 2. The number of rotatable bonds is 5. The van der Waals surface area contributed by atoms with Crippen LogP contribution in [0.2, 0.25) is 0 Å². The molecule has 1 spiro atoms. The Morgan fingerprint density at radius 2 is 2.00 bits per heavy atom. The molecule has 168 valence electrons. The molecule has 2 aromatic rings. The molecular formula is C24H25NO6S. The van der Waals surface area contributed by atoms with Crippen molar-refractivity contribution in [3.05, 3.63) is 71.3 Å². The summed E-state index contributed by atoms with van der Waals surface area (Å²) in [6.07, 6.45) is 2.05. The monoisotopic (exact) mass is 455 g/mol. The lowest BCUT2D eigenvalue weighted by Gasteiger charge is -2.45. The Hall–Kier alpha value is -3.10. The first-order valence-corrected chi connectivity index (χ1v) is 11.7. The molecule has 0 radical (unpaired) electrons. The number of para-hydroxylation sites is 1. The molecule has 4 rings (SSSR count). The van der Waals surface area contributed by atoms with Crippen molar-refractivity contribution in [1.29, 1.82) is 0 Å². The first-order chi connectivity index (χ1) is 15.1. The average molecular weight is 456 g/mol. The van der Waals surface area contributed by atoms with E-state index in [-0.39, 0.29) is 17.4 Å². The fraction of sp³-hybridized carbons (Fsp3) is 0.292. The molecule has 2 heterocycles. The van der Waals surface area contributed by atoms with E-state index in [0.717, 1.165) is 22.4 Å². The van der Waals surface area contributed by atoms with E-state index in [2.05, 4.69) is 12.7 Å². The van der Waals surface area contributed by atoms with Gasteiger partial charge in [0.15, 0.2) is 0 Å². The maximum Gasteiger partial charge on any atom is 0.333 e. The third-order valence-electron chi connectivity index (χ3n) is 6.06. The molecular weight excluding hydrogens is 430 g/mol. The van der Waals surface area contributed by atoms with Crippen LogP contribution in [-0.4, -0.2) is 37.8 Å². The van der Waals surface area contributed by atoms with E-state index in [4.69, 9.17) is 9.47 Å². The van der Waals surface area contributed by atoms with Gasteiger partial charge in [-0.25, -0.2) is 4.79 Å². The van der Waals surface area contributed by atoms with Crippen molar-refractivity contribution in [3.8, 4) is 5.75 Å². The molecule has 2 aromatic carbocycles. The van der Waals surface area contributed by atoms with Crippen LogP contribution in [-0.2, 0) is 19.6 Å². The molecule has 2 unspecified atom stereocenters. The summed E-state index contributed by atoms with van der Waals surface area (Å²) >= 11 is 0. The van der Waals surface area contributed by atoms with Gasteiger partial charge >= 0.3 is 5.97 Å². The molecule has 7 nitrogen and oxygen atoms in total. The molecule has 0 aliphatic carbocycles. The van der Waals surface area contributed by atoms with Crippen molar-refractivity contribution in [1.82, 2.24) is 0 Å². The van der Waals surface area contributed by atoms with Crippen LogP contribution in [0.5, 0.6) is 5.75 Å². The highest BCUT2D eigenvalue weighted by molar-refractivity contribution is 7.85. The van der Waals surface area contributed by atoms with Crippen LogP contribution in [0.1, 0.15) is 37.8 Å². The third kappa shape index (κ3) is 3.49. The van der Waals surface area contributed by atoms with Gasteiger partial charge in [-0.05, 0) is 55.3 Å². The van der Waals surface area contributed by atoms with E-state index in [1.165, 1.54) is 12.1 Å². The van der Waals surface area contributed by atoms with Crippen LogP contribution >= 0.6 is 0 Å². The van der Waals surface area contributed by atoms with E-state index in [1.807, 2.05) is 43.0 Å². The summed E-state index contributed by atoms with van der Waals surface area (Å²) in [5.41, 5.74) is 2.73. The molecule has 0 fully saturated rings. The molecule has 0 amide bonds.